The zero-order valence-electron chi connectivity index (χ0n) is 13.9. The topological polar surface area (TPSA) is 65.8 Å². The number of carboxylic acid groups (broad SMARTS) is 1. The molecule has 0 radical (unpaired) electrons. The number of hydrazone groups is 1. The van der Waals surface area contributed by atoms with Crippen LogP contribution in [0.2, 0.25) is 0 Å². The maximum atomic E-state index is 11.2. The number of carbonyl (C=O) groups is 1. The van der Waals surface area contributed by atoms with E-state index in [1.807, 2.05) is 30.5 Å². The molecule has 1 N–H and O–H groups in total. The van der Waals surface area contributed by atoms with Crippen molar-refractivity contribution in [3.8, 4) is 11.3 Å². The van der Waals surface area contributed by atoms with E-state index in [2.05, 4.69) is 16.2 Å². The fourth-order valence-corrected chi connectivity index (χ4v) is 3.11. The average Bonchev–Trinajstić information content (AvgIpc) is 3.10. The lowest BCUT2D eigenvalue weighted by Crippen LogP contribution is -2.09. The van der Waals surface area contributed by atoms with Gasteiger partial charge in [-0.15, -0.1) is 11.3 Å². The van der Waals surface area contributed by atoms with Gasteiger partial charge in [-0.2, -0.15) is 5.10 Å². The van der Waals surface area contributed by atoms with Crippen molar-refractivity contribution in [2.45, 2.75) is 6.92 Å². The zero-order chi connectivity index (χ0) is 17.8. The molecular weight excluding hydrogens is 334 g/mol. The van der Waals surface area contributed by atoms with E-state index < -0.39 is 5.97 Å². The summed E-state index contributed by atoms with van der Waals surface area (Å²) in [7, 11) is 1.79. The molecule has 1 aromatic heterocycles. The first-order valence-corrected chi connectivity index (χ1v) is 8.55. The van der Waals surface area contributed by atoms with E-state index in [9.17, 15) is 9.90 Å². The molecule has 25 heavy (non-hydrogen) atoms. The summed E-state index contributed by atoms with van der Waals surface area (Å²) in [4.78, 5) is 15.8. The van der Waals surface area contributed by atoms with Gasteiger partial charge in [-0.3, -0.25) is 0 Å². The number of nitrogens with zero attached hydrogens (tertiary/aromatic N) is 3. The maximum Gasteiger partial charge on any atom is 0.336 e. The smallest absolute Gasteiger partial charge is 0.336 e. The second kappa shape index (κ2) is 7.27. The summed E-state index contributed by atoms with van der Waals surface area (Å²) in [5.41, 5.74) is 3.92. The summed E-state index contributed by atoms with van der Waals surface area (Å²) in [5.74, 6) is -0.972. The summed E-state index contributed by atoms with van der Waals surface area (Å²) in [6.45, 7) is 2.05. The summed E-state index contributed by atoms with van der Waals surface area (Å²) in [6, 6.07) is 14.9. The number of rotatable bonds is 5. The van der Waals surface area contributed by atoms with Gasteiger partial charge in [0.1, 0.15) is 0 Å². The SMILES string of the molecule is Cc1cccc(-c2csc(N(C)/N=C/c3ccccc3C(=O)O)n2)c1. The number of carboxylic acids is 1. The molecule has 0 saturated heterocycles. The van der Waals surface area contributed by atoms with Gasteiger partial charge in [0.05, 0.1) is 17.5 Å². The Morgan fingerprint density at radius 2 is 2.04 bits per heavy atom. The van der Waals surface area contributed by atoms with Crippen molar-refractivity contribution in [2.75, 3.05) is 12.1 Å². The number of aromatic nitrogens is 1. The predicted octanol–water partition coefficient (Wildman–Crippen LogP) is 4.29. The van der Waals surface area contributed by atoms with Crippen molar-refractivity contribution in [1.82, 2.24) is 4.98 Å². The van der Waals surface area contributed by atoms with Crippen molar-refractivity contribution in [1.29, 1.82) is 0 Å². The van der Waals surface area contributed by atoms with Crippen LogP contribution in [0.15, 0.2) is 59.0 Å². The van der Waals surface area contributed by atoms with Crippen LogP contribution in [0.5, 0.6) is 0 Å². The third-order valence-corrected chi connectivity index (χ3v) is 4.55. The van der Waals surface area contributed by atoms with Crippen LogP contribution < -0.4 is 5.01 Å². The van der Waals surface area contributed by atoms with Crippen molar-refractivity contribution in [2.24, 2.45) is 5.10 Å². The van der Waals surface area contributed by atoms with Crippen molar-refractivity contribution < 1.29 is 9.90 Å². The van der Waals surface area contributed by atoms with Gasteiger partial charge in [0.2, 0.25) is 5.13 Å². The molecule has 0 aliphatic rings. The van der Waals surface area contributed by atoms with Crippen LogP contribution >= 0.6 is 11.3 Å². The molecule has 0 fully saturated rings. The van der Waals surface area contributed by atoms with Gasteiger partial charge in [-0.05, 0) is 19.1 Å². The fraction of sp³-hybridized carbons (Fsp3) is 0.105. The molecule has 0 spiro atoms. The van der Waals surface area contributed by atoms with E-state index >= 15 is 0 Å². The van der Waals surface area contributed by atoms with E-state index in [1.165, 1.54) is 23.1 Å². The highest BCUT2D eigenvalue weighted by molar-refractivity contribution is 7.14. The Labute approximate surface area is 149 Å². The van der Waals surface area contributed by atoms with E-state index in [-0.39, 0.29) is 5.56 Å². The lowest BCUT2D eigenvalue weighted by molar-refractivity contribution is 0.0697. The highest BCUT2D eigenvalue weighted by Gasteiger charge is 2.09. The van der Waals surface area contributed by atoms with E-state index in [4.69, 9.17) is 0 Å². The Hall–Kier alpha value is -2.99. The molecule has 1 heterocycles. The lowest BCUT2D eigenvalue weighted by atomic mass is 10.1. The zero-order valence-corrected chi connectivity index (χ0v) is 14.7. The number of aryl methyl sites for hydroxylation is 1. The van der Waals surface area contributed by atoms with Crippen molar-refractivity contribution >= 4 is 28.7 Å². The molecule has 6 heteroatoms. The molecule has 5 nitrogen and oxygen atoms in total. The second-order valence-corrected chi connectivity index (χ2v) is 6.38. The summed E-state index contributed by atoms with van der Waals surface area (Å²) < 4.78 is 0. The number of aromatic carboxylic acids is 1. The highest BCUT2D eigenvalue weighted by atomic mass is 32.1. The minimum Gasteiger partial charge on any atom is -0.478 e. The Morgan fingerprint density at radius 1 is 1.24 bits per heavy atom. The first kappa shape index (κ1) is 16.9. The van der Waals surface area contributed by atoms with Gasteiger partial charge in [0, 0.05) is 23.6 Å². The second-order valence-electron chi connectivity index (χ2n) is 5.55. The highest BCUT2D eigenvalue weighted by Crippen LogP contribution is 2.27. The van der Waals surface area contributed by atoms with Gasteiger partial charge < -0.3 is 5.11 Å². The number of hydrogen-bond acceptors (Lipinski definition) is 5. The summed E-state index contributed by atoms with van der Waals surface area (Å²) in [5, 5.41) is 17.9. The Balaban J connectivity index is 1.81. The Morgan fingerprint density at radius 3 is 2.80 bits per heavy atom. The van der Waals surface area contributed by atoms with Crippen LogP contribution in [-0.2, 0) is 0 Å². The van der Waals surface area contributed by atoms with Crippen LogP contribution in [0.3, 0.4) is 0 Å². The van der Waals surface area contributed by atoms with Gasteiger partial charge in [-0.1, -0.05) is 42.0 Å². The Kier molecular flexibility index (Phi) is 4.90. The molecule has 0 aliphatic carbocycles. The van der Waals surface area contributed by atoms with Gasteiger partial charge in [0.25, 0.3) is 0 Å². The molecule has 0 unspecified atom stereocenters. The minimum absolute atomic E-state index is 0.222. The summed E-state index contributed by atoms with van der Waals surface area (Å²) >= 11 is 1.49. The number of thiazole rings is 1. The third-order valence-electron chi connectivity index (χ3n) is 3.64. The molecule has 3 aromatic rings. The van der Waals surface area contributed by atoms with Crippen LogP contribution in [0.1, 0.15) is 21.5 Å². The van der Waals surface area contributed by atoms with Gasteiger partial charge >= 0.3 is 5.97 Å². The van der Waals surface area contributed by atoms with Crippen LogP contribution in [0, 0.1) is 6.92 Å². The summed E-state index contributed by atoms with van der Waals surface area (Å²) in [6.07, 6.45) is 1.54. The molecule has 0 amide bonds. The molecule has 2 aromatic carbocycles. The number of benzene rings is 2. The van der Waals surface area contributed by atoms with E-state index in [1.54, 1.807) is 36.3 Å². The molecule has 126 valence electrons. The van der Waals surface area contributed by atoms with Crippen molar-refractivity contribution in [3.05, 3.63) is 70.6 Å². The van der Waals surface area contributed by atoms with Gasteiger partial charge in [0.15, 0.2) is 0 Å². The minimum atomic E-state index is -0.972. The number of anilines is 1. The Bertz CT molecular complexity index is 934. The molecule has 0 bridgehead atoms. The molecule has 0 atom stereocenters. The first-order valence-electron chi connectivity index (χ1n) is 7.67. The average molecular weight is 351 g/mol. The molecule has 0 saturated carbocycles. The van der Waals surface area contributed by atoms with Gasteiger partial charge in [-0.25, -0.2) is 14.8 Å². The molecule has 0 aliphatic heterocycles. The lowest BCUT2D eigenvalue weighted by Gasteiger charge is -2.08. The molecular formula is C19H17N3O2S. The fourth-order valence-electron chi connectivity index (χ4n) is 2.35. The van der Waals surface area contributed by atoms with Crippen LogP contribution in [0.4, 0.5) is 5.13 Å². The third kappa shape index (κ3) is 3.92. The first-order chi connectivity index (χ1) is 12.0. The largest absolute Gasteiger partial charge is 0.478 e. The quantitative estimate of drug-likeness (QED) is 0.550. The number of hydrogen-bond donors (Lipinski definition) is 1. The molecule has 3 rings (SSSR count). The van der Waals surface area contributed by atoms with E-state index in [0.29, 0.717) is 5.56 Å². The maximum absolute atomic E-state index is 11.2. The van der Waals surface area contributed by atoms with E-state index in [0.717, 1.165) is 16.4 Å². The standard InChI is InChI=1S/C19H17N3O2S/c1-13-6-5-8-14(10-13)17-12-25-19(21-17)22(2)20-11-15-7-3-4-9-16(15)18(23)24/h3-12H,1-2H3,(H,23,24)/b20-11+. The van der Waals surface area contributed by atoms with Crippen molar-refractivity contribution in [3.63, 3.8) is 0 Å². The van der Waals surface area contributed by atoms with Crippen LogP contribution in [0.25, 0.3) is 11.3 Å². The van der Waals surface area contributed by atoms with Crippen LogP contribution in [-0.4, -0.2) is 29.3 Å². The normalized spacial score (nSPS) is 11.0. The monoisotopic (exact) mass is 351 g/mol. The predicted molar refractivity (Wildman–Crippen MR) is 102 cm³/mol.